The molecule has 0 saturated carbocycles. The summed E-state index contributed by atoms with van der Waals surface area (Å²) in [6.45, 7) is 2.56. The summed E-state index contributed by atoms with van der Waals surface area (Å²) in [6.07, 6.45) is 4.17. The van der Waals surface area contributed by atoms with Crippen molar-refractivity contribution in [3.05, 3.63) is 126 Å². The molecule has 2 atom stereocenters. The highest BCUT2D eigenvalue weighted by molar-refractivity contribution is 7.80. The molecule has 5 aromatic rings. The molecule has 39 heavy (non-hydrogen) atoms. The Morgan fingerprint density at radius 1 is 0.974 bits per heavy atom. The number of pyridine rings is 1. The van der Waals surface area contributed by atoms with E-state index in [4.69, 9.17) is 12.2 Å². The molecule has 2 N–H and O–H groups in total. The Morgan fingerprint density at radius 2 is 1.79 bits per heavy atom. The molecule has 2 aromatic heterocycles. The molecule has 0 unspecified atom stereocenters. The first-order valence-corrected chi connectivity index (χ1v) is 13.5. The van der Waals surface area contributed by atoms with Crippen LogP contribution in [0.3, 0.4) is 0 Å². The number of nitrogens with zero attached hydrogens (tertiary/aromatic N) is 3. The maximum Gasteiger partial charge on any atom is 0.226 e. The van der Waals surface area contributed by atoms with Crippen molar-refractivity contribution >= 4 is 39.7 Å². The van der Waals surface area contributed by atoms with E-state index < -0.39 is 0 Å². The first-order valence-electron chi connectivity index (χ1n) is 13.1. The smallest absolute Gasteiger partial charge is 0.226 e. The molecule has 1 aliphatic heterocycles. The van der Waals surface area contributed by atoms with Gasteiger partial charge in [0, 0.05) is 47.8 Å². The Morgan fingerprint density at radius 3 is 2.64 bits per heavy atom. The molecule has 194 valence electrons. The Hall–Kier alpha value is -4.49. The van der Waals surface area contributed by atoms with Crippen LogP contribution in [0.4, 0.5) is 5.69 Å². The van der Waals surface area contributed by atoms with Crippen LogP contribution < -0.4 is 10.6 Å². The normalized spacial score (nSPS) is 16.8. The molecule has 1 aliphatic rings. The SMILES string of the molecule is Cc1cccc(-n2cccc2[C@@H]2[C@@H](c3ccccn3)NC(=S)N2CCC(=O)Nc2cccc3ccccc23)c1. The predicted molar refractivity (Wildman–Crippen MR) is 160 cm³/mol. The molecular weight excluding hydrogens is 502 g/mol. The van der Waals surface area contributed by atoms with Crippen LogP contribution in [0.5, 0.6) is 0 Å². The summed E-state index contributed by atoms with van der Waals surface area (Å²) >= 11 is 5.84. The van der Waals surface area contributed by atoms with E-state index in [1.54, 1.807) is 6.20 Å². The van der Waals surface area contributed by atoms with Gasteiger partial charge in [0.2, 0.25) is 5.91 Å². The zero-order valence-corrected chi connectivity index (χ0v) is 22.4. The number of benzene rings is 3. The number of hydrogen-bond acceptors (Lipinski definition) is 3. The Bertz CT molecular complexity index is 1640. The fourth-order valence-electron chi connectivity index (χ4n) is 5.39. The van der Waals surface area contributed by atoms with Crippen LogP contribution in [0.25, 0.3) is 16.5 Å². The van der Waals surface area contributed by atoms with Crippen molar-refractivity contribution in [1.29, 1.82) is 0 Å². The second kappa shape index (κ2) is 10.7. The highest BCUT2D eigenvalue weighted by Crippen LogP contribution is 2.39. The van der Waals surface area contributed by atoms with Gasteiger partial charge in [0.1, 0.15) is 0 Å². The van der Waals surface area contributed by atoms with E-state index in [0.29, 0.717) is 18.1 Å². The molecule has 0 spiro atoms. The molecule has 1 saturated heterocycles. The topological polar surface area (TPSA) is 62.2 Å². The number of aryl methyl sites for hydroxylation is 1. The number of amides is 1. The van der Waals surface area contributed by atoms with Gasteiger partial charge in [0.05, 0.1) is 17.8 Å². The fourth-order valence-corrected chi connectivity index (χ4v) is 5.72. The summed E-state index contributed by atoms with van der Waals surface area (Å²) in [5, 5.41) is 9.34. The molecule has 6 rings (SSSR count). The van der Waals surface area contributed by atoms with Crippen molar-refractivity contribution in [3.63, 3.8) is 0 Å². The summed E-state index contributed by atoms with van der Waals surface area (Å²) in [7, 11) is 0. The number of hydrogen-bond donors (Lipinski definition) is 2. The molecule has 0 radical (unpaired) electrons. The summed E-state index contributed by atoms with van der Waals surface area (Å²) < 4.78 is 2.20. The van der Waals surface area contributed by atoms with Crippen LogP contribution in [0.2, 0.25) is 0 Å². The van der Waals surface area contributed by atoms with Crippen molar-refractivity contribution in [2.75, 3.05) is 11.9 Å². The van der Waals surface area contributed by atoms with Gasteiger partial charge in [-0.2, -0.15) is 0 Å². The number of nitrogens with one attached hydrogen (secondary N) is 2. The summed E-state index contributed by atoms with van der Waals surface area (Å²) in [5.74, 6) is -0.0525. The highest BCUT2D eigenvalue weighted by atomic mass is 32.1. The number of carbonyl (C=O) groups excluding carboxylic acids is 1. The zero-order chi connectivity index (χ0) is 26.8. The third kappa shape index (κ3) is 5.01. The number of anilines is 1. The van der Waals surface area contributed by atoms with Crippen molar-refractivity contribution in [2.45, 2.75) is 25.4 Å². The van der Waals surface area contributed by atoms with Crippen LogP contribution in [-0.4, -0.2) is 32.0 Å². The first-order chi connectivity index (χ1) is 19.1. The summed E-state index contributed by atoms with van der Waals surface area (Å²) in [4.78, 5) is 19.9. The number of carbonyl (C=O) groups is 1. The molecule has 0 aliphatic carbocycles. The largest absolute Gasteiger partial charge is 0.352 e. The highest BCUT2D eigenvalue weighted by Gasteiger charge is 2.41. The minimum atomic E-state index is -0.154. The molecule has 7 heteroatoms. The Labute approximate surface area is 233 Å². The van der Waals surface area contributed by atoms with Gasteiger partial charge in [-0.15, -0.1) is 0 Å². The first kappa shape index (κ1) is 24.8. The lowest BCUT2D eigenvalue weighted by atomic mass is 10.0. The minimum Gasteiger partial charge on any atom is -0.352 e. The van der Waals surface area contributed by atoms with Gasteiger partial charge in [-0.3, -0.25) is 9.78 Å². The third-order valence-corrected chi connectivity index (χ3v) is 7.56. The van der Waals surface area contributed by atoms with Gasteiger partial charge in [0.25, 0.3) is 0 Å². The molecular formula is C32H29N5OS. The monoisotopic (exact) mass is 531 g/mol. The van der Waals surface area contributed by atoms with Crippen molar-refractivity contribution < 1.29 is 4.79 Å². The van der Waals surface area contributed by atoms with E-state index in [9.17, 15) is 4.79 Å². The fraction of sp³-hybridized carbons (Fsp3) is 0.156. The molecule has 0 bridgehead atoms. The number of rotatable bonds is 7. The van der Waals surface area contributed by atoms with Crippen LogP contribution in [0.1, 0.15) is 35.5 Å². The van der Waals surface area contributed by atoms with Gasteiger partial charge < -0.3 is 20.1 Å². The Balaban J connectivity index is 1.29. The average Bonchev–Trinajstić information content (AvgIpc) is 3.57. The number of thiocarbonyl (C=S) groups is 1. The van der Waals surface area contributed by atoms with Gasteiger partial charge in [-0.1, -0.05) is 54.6 Å². The molecule has 6 nitrogen and oxygen atoms in total. The van der Waals surface area contributed by atoms with Gasteiger partial charge in [0.15, 0.2) is 5.11 Å². The minimum absolute atomic E-state index is 0.0525. The molecule has 1 fully saturated rings. The number of fused-ring (bicyclic) bond motifs is 1. The second-order valence-corrected chi connectivity index (χ2v) is 10.2. The van der Waals surface area contributed by atoms with E-state index in [1.165, 1.54) is 5.56 Å². The quantitative estimate of drug-likeness (QED) is 0.240. The lowest BCUT2D eigenvalue weighted by Crippen LogP contribution is -2.33. The lowest BCUT2D eigenvalue weighted by Gasteiger charge is -2.29. The predicted octanol–water partition coefficient (Wildman–Crippen LogP) is 6.34. The molecule has 1 amide bonds. The standard InChI is InChI=1S/C32H29N5OS/c1-22-9-6-12-24(21-22)36-19-8-16-28(36)31-30(27-14-4-5-18-33-27)35-32(39)37(31)20-17-29(38)34-26-15-7-11-23-10-2-3-13-25(23)26/h2-16,18-19,21,30-31H,17,20H2,1H3,(H,34,38)(H,35,39)/t30-,31-/m1/s1. The van der Waals surface area contributed by atoms with E-state index >= 15 is 0 Å². The van der Waals surface area contributed by atoms with Crippen molar-refractivity contribution in [1.82, 2.24) is 19.8 Å². The van der Waals surface area contributed by atoms with Gasteiger partial charge in [-0.05, 0) is 72.6 Å². The lowest BCUT2D eigenvalue weighted by molar-refractivity contribution is -0.116. The van der Waals surface area contributed by atoms with E-state index in [2.05, 4.69) is 74.6 Å². The maximum atomic E-state index is 13.2. The Kier molecular flexibility index (Phi) is 6.82. The molecule has 3 heterocycles. The van der Waals surface area contributed by atoms with Crippen LogP contribution in [0.15, 0.2) is 109 Å². The van der Waals surface area contributed by atoms with Crippen molar-refractivity contribution in [2.24, 2.45) is 0 Å². The average molecular weight is 532 g/mol. The van der Waals surface area contributed by atoms with Gasteiger partial charge in [-0.25, -0.2) is 0 Å². The maximum absolute atomic E-state index is 13.2. The van der Waals surface area contributed by atoms with E-state index in [-0.39, 0.29) is 18.0 Å². The summed E-state index contributed by atoms with van der Waals surface area (Å²) in [5.41, 5.74) is 5.08. The third-order valence-electron chi connectivity index (χ3n) is 7.20. The van der Waals surface area contributed by atoms with Crippen LogP contribution >= 0.6 is 12.2 Å². The van der Waals surface area contributed by atoms with E-state index in [0.717, 1.165) is 33.5 Å². The van der Waals surface area contributed by atoms with Gasteiger partial charge >= 0.3 is 0 Å². The second-order valence-electron chi connectivity index (χ2n) is 9.79. The van der Waals surface area contributed by atoms with Crippen molar-refractivity contribution in [3.8, 4) is 5.69 Å². The van der Waals surface area contributed by atoms with Crippen LogP contribution in [0, 0.1) is 6.92 Å². The summed E-state index contributed by atoms with van der Waals surface area (Å²) in [6, 6.07) is 32.2. The van der Waals surface area contributed by atoms with E-state index in [1.807, 2.05) is 60.7 Å². The van der Waals surface area contributed by atoms with Crippen LogP contribution in [-0.2, 0) is 4.79 Å². The number of aromatic nitrogens is 2. The molecule has 3 aromatic carbocycles. The zero-order valence-electron chi connectivity index (χ0n) is 21.6.